The topological polar surface area (TPSA) is 142 Å². The number of carbonyl (C=O) groups is 1. The van der Waals surface area contributed by atoms with E-state index >= 15 is 4.39 Å². The number of alkyl halides is 1. The molecule has 0 aliphatic carbocycles. The van der Waals surface area contributed by atoms with Crippen LogP contribution >= 0.6 is 22.9 Å². The van der Waals surface area contributed by atoms with Gasteiger partial charge in [-0.1, -0.05) is 24.6 Å². The molecule has 0 unspecified atom stereocenters. The molecule has 0 radical (unpaired) electrons. The molecule has 2 aromatic carbocycles. The standard InChI is InChI=1S/C35H32ClF3N10O2S/c1-18-12-48(33(50)49-17-42-16-43-49)35(18)6-8-46(14-35)31-21-9-23(36)26(20-3-4-24(38)29-25(20)22(11-40)30(41)52-29)27(39)28(21)44-32(45-31)51-15-34-5-2-7-47(34)13-19(37)10-34/h3-4,9,16-19H,2,5-8,10,12-15,41H2,1H3/t18-,19+,34-,35-/m0/s1. The van der Waals surface area contributed by atoms with Crippen molar-refractivity contribution < 1.29 is 22.7 Å². The van der Waals surface area contributed by atoms with Crippen LogP contribution in [0.1, 0.15) is 38.2 Å². The van der Waals surface area contributed by atoms with Gasteiger partial charge in [0.2, 0.25) is 0 Å². The highest BCUT2D eigenvalue weighted by Gasteiger charge is 2.57. The first-order valence-electron chi connectivity index (χ1n) is 17.1. The van der Waals surface area contributed by atoms with Gasteiger partial charge in [-0.05, 0) is 49.4 Å². The van der Waals surface area contributed by atoms with E-state index in [4.69, 9.17) is 27.1 Å². The Morgan fingerprint density at radius 3 is 2.85 bits per heavy atom. The van der Waals surface area contributed by atoms with Gasteiger partial charge in [-0.15, -0.1) is 11.3 Å². The lowest BCUT2D eigenvalue weighted by molar-refractivity contribution is -0.0201. The molecule has 5 aromatic rings. The summed E-state index contributed by atoms with van der Waals surface area (Å²) in [7, 11) is 0. The Balaban J connectivity index is 1.17. The second-order valence-corrected chi connectivity index (χ2v) is 15.8. The van der Waals surface area contributed by atoms with Crippen LogP contribution in [0.2, 0.25) is 5.02 Å². The molecule has 52 heavy (non-hydrogen) atoms. The average Bonchev–Trinajstić information content (AvgIpc) is 3.96. The number of ether oxygens (including phenoxy) is 1. The van der Waals surface area contributed by atoms with E-state index in [2.05, 4.69) is 26.9 Å². The molecule has 2 N–H and O–H groups in total. The predicted molar refractivity (Wildman–Crippen MR) is 189 cm³/mol. The highest BCUT2D eigenvalue weighted by atomic mass is 35.5. The van der Waals surface area contributed by atoms with E-state index in [9.17, 15) is 18.8 Å². The molecule has 17 heteroatoms. The van der Waals surface area contributed by atoms with Crippen molar-refractivity contribution in [2.24, 2.45) is 5.92 Å². The summed E-state index contributed by atoms with van der Waals surface area (Å²) in [4.78, 5) is 32.7. The van der Waals surface area contributed by atoms with E-state index in [0.717, 1.165) is 30.7 Å². The molecule has 0 bridgehead atoms. The molecule has 0 saturated carbocycles. The summed E-state index contributed by atoms with van der Waals surface area (Å²) in [5.41, 5.74) is 5.10. The number of nitrogen functional groups attached to an aromatic ring is 1. The Bertz CT molecular complexity index is 2340. The third kappa shape index (κ3) is 4.78. The number of rotatable bonds is 5. The molecule has 1 spiro atoms. The number of nitriles is 1. The van der Waals surface area contributed by atoms with Gasteiger partial charge in [-0.25, -0.2) is 22.9 Å². The van der Waals surface area contributed by atoms with E-state index in [0.29, 0.717) is 50.2 Å². The van der Waals surface area contributed by atoms with Crippen LogP contribution in [-0.4, -0.2) is 97.1 Å². The van der Waals surface area contributed by atoms with Gasteiger partial charge in [0, 0.05) is 48.9 Å². The number of amides is 1. The third-order valence-corrected chi connectivity index (χ3v) is 12.9. The summed E-state index contributed by atoms with van der Waals surface area (Å²) in [5.74, 6) is -0.884. The first-order valence-corrected chi connectivity index (χ1v) is 18.3. The summed E-state index contributed by atoms with van der Waals surface area (Å²) in [6, 6.07) is 5.80. The van der Waals surface area contributed by atoms with Crippen LogP contribution in [0.5, 0.6) is 6.01 Å². The second kappa shape index (κ2) is 11.9. The molecule has 4 aliphatic heterocycles. The van der Waals surface area contributed by atoms with Gasteiger partial charge in [-0.2, -0.15) is 25.0 Å². The van der Waals surface area contributed by atoms with Gasteiger partial charge in [0.15, 0.2) is 5.82 Å². The Morgan fingerprint density at radius 1 is 1.23 bits per heavy atom. The lowest BCUT2D eigenvalue weighted by atomic mass is 9.74. The normalized spacial score (nSPS) is 25.7. The van der Waals surface area contributed by atoms with Crippen molar-refractivity contribution in [2.45, 2.75) is 49.9 Å². The number of halogens is 4. The minimum atomic E-state index is -0.968. The molecule has 268 valence electrons. The molecular weight excluding hydrogens is 717 g/mol. The monoisotopic (exact) mass is 748 g/mol. The molecule has 7 heterocycles. The summed E-state index contributed by atoms with van der Waals surface area (Å²) >= 11 is 7.81. The zero-order valence-electron chi connectivity index (χ0n) is 28.0. The molecule has 4 aliphatic rings. The summed E-state index contributed by atoms with van der Waals surface area (Å²) in [6.07, 6.45) is 4.33. The first-order chi connectivity index (χ1) is 25.0. The zero-order valence-corrected chi connectivity index (χ0v) is 29.5. The van der Waals surface area contributed by atoms with Crippen molar-refractivity contribution in [2.75, 3.05) is 50.0 Å². The fourth-order valence-corrected chi connectivity index (χ4v) is 10.2. The van der Waals surface area contributed by atoms with Gasteiger partial charge in [0.05, 0.1) is 26.4 Å². The van der Waals surface area contributed by atoms with Crippen molar-refractivity contribution in [3.8, 4) is 23.2 Å². The SMILES string of the molecule is C[C@H]1CN(C(=O)n2cncn2)[C@]12CCN(c1nc(OC[C@@]34CCCN3C[C@H](F)C4)nc3c(F)c(-c4ccc(F)c5sc(N)c(C#N)c45)c(Cl)cc13)C2. The van der Waals surface area contributed by atoms with Crippen LogP contribution < -0.4 is 15.4 Å². The minimum absolute atomic E-state index is 0.000531. The summed E-state index contributed by atoms with van der Waals surface area (Å²) in [6.45, 7) is 4.73. The zero-order chi connectivity index (χ0) is 36.1. The molecule has 1 amide bonds. The number of aromatic nitrogens is 5. The third-order valence-electron chi connectivity index (χ3n) is 11.6. The number of carbonyl (C=O) groups excluding carboxylic acids is 1. The number of nitrogens with zero attached hydrogens (tertiary/aromatic N) is 9. The van der Waals surface area contributed by atoms with E-state index in [1.54, 1.807) is 11.0 Å². The van der Waals surface area contributed by atoms with E-state index in [1.165, 1.54) is 29.5 Å². The lowest BCUT2D eigenvalue weighted by Gasteiger charge is -2.55. The number of anilines is 2. The van der Waals surface area contributed by atoms with E-state index in [-0.39, 0.29) is 66.9 Å². The summed E-state index contributed by atoms with van der Waals surface area (Å²) in [5, 5.41) is 14.5. The van der Waals surface area contributed by atoms with Gasteiger partial charge in [0.25, 0.3) is 0 Å². The summed E-state index contributed by atoms with van der Waals surface area (Å²) < 4.78 is 54.4. The smallest absolute Gasteiger partial charge is 0.346 e. The Labute approximate surface area is 304 Å². The predicted octanol–water partition coefficient (Wildman–Crippen LogP) is 6.01. The van der Waals surface area contributed by atoms with Crippen LogP contribution in [0.25, 0.3) is 32.1 Å². The molecular formula is C35H32ClF3N10O2S. The highest BCUT2D eigenvalue weighted by Crippen LogP contribution is 2.49. The van der Waals surface area contributed by atoms with E-state index < -0.39 is 28.9 Å². The van der Waals surface area contributed by atoms with E-state index in [1.807, 2.05) is 11.0 Å². The van der Waals surface area contributed by atoms with Gasteiger partial charge < -0.3 is 20.3 Å². The number of nitrogens with two attached hydrogens (primary N) is 1. The second-order valence-electron chi connectivity index (χ2n) is 14.3. The van der Waals surface area contributed by atoms with Crippen LogP contribution in [0.15, 0.2) is 30.9 Å². The number of benzene rings is 2. The van der Waals surface area contributed by atoms with Crippen molar-refractivity contribution in [1.29, 1.82) is 5.26 Å². The average molecular weight is 749 g/mol. The first kappa shape index (κ1) is 33.1. The quantitative estimate of drug-likeness (QED) is 0.227. The minimum Gasteiger partial charge on any atom is -0.461 e. The molecule has 9 rings (SSSR count). The number of hydrogen-bond acceptors (Lipinski definition) is 11. The maximum absolute atomic E-state index is 17.2. The fraction of sp³-hybridized carbons (Fsp3) is 0.429. The van der Waals surface area contributed by atoms with Crippen LogP contribution in [0, 0.1) is 28.9 Å². The van der Waals surface area contributed by atoms with Crippen molar-refractivity contribution in [3.05, 3.63) is 53.1 Å². The van der Waals surface area contributed by atoms with Gasteiger partial charge in [0.1, 0.15) is 53.7 Å². The van der Waals surface area contributed by atoms with Crippen molar-refractivity contribution >= 4 is 60.8 Å². The van der Waals surface area contributed by atoms with Crippen molar-refractivity contribution in [3.63, 3.8) is 0 Å². The van der Waals surface area contributed by atoms with Crippen molar-refractivity contribution in [1.82, 2.24) is 34.5 Å². The van der Waals surface area contributed by atoms with Crippen LogP contribution in [-0.2, 0) is 0 Å². The molecule has 3 aromatic heterocycles. The largest absolute Gasteiger partial charge is 0.461 e. The molecule has 4 fully saturated rings. The Hall–Kier alpha value is -4.72. The molecule has 12 nitrogen and oxygen atoms in total. The molecule has 4 saturated heterocycles. The maximum atomic E-state index is 17.2. The number of fused-ring (bicyclic) bond motifs is 3. The Kier molecular flexibility index (Phi) is 7.59. The van der Waals surface area contributed by atoms with Crippen LogP contribution in [0.3, 0.4) is 0 Å². The number of hydrogen-bond donors (Lipinski definition) is 1. The molecule has 4 atom stereocenters. The number of thiophene rings is 1. The Morgan fingerprint density at radius 2 is 2.08 bits per heavy atom. The number of likely N-dealkylation sites (tertiary alicyclic amines) is 1. The lowest BCUT2D eigenvalue weighted by Crippen LogP contribution is -2.70. The fourth-order valence-electron chi connectivity index (χ4n) is 8.97. The van der Waals surface area contributed by atoms with Crippen LogP contribution in [0.4, 0.5) is 28.8 Å². The highest BCUT2D eigenvalue weighted by molar-refractivity contribution is 7.23. The van der Waals surface area contributed by atoms with Gasteiger partial charge >= 0.3 is 12.0 Å². The van der Waals surface area contributed by atoms with Gasteiger partial charge in [-0.3, -0.25) is 4.90 Å². The maximum Gasteiger partial charge on any atom is 0.346 e.